The van der Waals surface area contributed by atoms with E-state index in [0.29, 0.717) is 25.2 Å². The number of carbonyl (C=O) groups is 1. The number of benzene rings is 1. The molecule has 0 saturated carbocycles. The van der Waals surface area contributed by atoms with Gasteiger partial charge in [0.25, 0.3) is 0 Å². The van der Waals surface area contributed by atoms with Gasteiger partial charge in [0, 0.05) is 0 Å². The van der Waals surface area contributed by atoms with Crippen molar-refractivity contribution in [3.8, 4) is 0 Å². The average Bonchev–Trinajstić information content (AvgIpc) is 3.05. The first-order valence-corrected chi connectivity index (χ1v) is 10.8. The van der Waals surface area contributed by atoms with Crippen LogP contribution in [0.4, 0.5) is 18.0 Å². The van der Waals surface area contributed by atoms with Crippen molar-refractivity contribution < 1.29 is 25.6 Å². The van der Waals surface area contributed by atoms with Crippen LogP contribution in [0.1, 0.15) is 19.4 Å². The van der Waals surface area contributed by atoms with Gasteiger partial charge in [-0.3, -0.25) is 0 Å². The third kappa shape index (κ3) is 3.89. The minimum absolute atomic E-state index is 0.387. The Morgan fingerprint density at radius 3 is 2.38 bits per heavy atom. The van der Waals surface area contributed by atoms with E-state index in [4.69, 9.17) is 11.6 Å². The topological polar surface area (TPSA) is 85.2 Å². The number of rotatable bonds is 4. The van der Waals surface area contributed by atoms with Gasteiger partial charge in [0.2, 0.25) is 0 Å². The third-order valence-corrected chi connectivity index (χ3v) is 7.05. The maximum atomic E-state index is 12.7. The molecule has 0 atom stereocenters. The van der Waals surface area contributed by atoms with Crippen molar-refractivity contribution in [2.45, 2.75) is 20.0 Å². The molecule has 142 valence electrons. The van der Waals surface area contributed by atoms with Crippen molar-refractivity contribution in [3.63, 3.8) is 0 Å². The molecule has 0 radical (unpaired) electrons. The normalized spacial score (nSPS) is 12.2. The second kappa shape index (κ2) is 7.34. The van der Waals surface area contributed by atoms with E-state index in [0.717, 1.165) is 17.1 Å². The van der Waals surface area contributed by atoms with Crippen LogP contribution >= 0.6 is 11.6 Å². The van der Waals surface area contributed by atoms with Crippen molar-refractivity contribution in [3.05, 3.63) is 35.1 Å². The predicted molar refractivity (Wildman–Crippen MR) is 86.6 cm³/mol. The number of halogens is 4. The number of nitrogens with zero attached hydrogens (tertiary/aromatic N) is 4. The molecule has 1 amide bonds. The van der Waals surface area contributed by atoms with Crippen LogP contribution in [-0.2, 0) is 13.8 Å². The van der Waals surface area contributed by atoms with Crippen molar-refractivity contribution in [2.24, 2.45) is 0 Å². The number of hydrogen-bond acceptors (Lipinski definition) is 5. The molecule has 26 heavy (non-hydrogen) atoms. The molecule has 7 nitrogen and oxygen atoms in total. The Labute approximate surface area is 153 Å². The molecule has 0 saturated heterocycles. The molecule has 1 aromatic carbocycles. The van der Waals surface area contributed by atoms with Crippen LogP contribution < -0.4 is 9.18 Å². The molecule has 0 aliphatic carbocycles. The van der Waals surface area contributed by atoms with Gasteiger partial charge in [-0.05, 0) is 0 Å². The van der Waals surface area contributed by atoms with Gasteiger partial charge in [0.05, 0.1) is 0 Å². The number of alkyl halides is 3. The predicted octanol–water partition coefficient (Wildman–Crippen LogP) is 1.68. The number of hydrogen-bond donors (Lipinski definition) is 0. The zero-order valence-electron chi connectivity index (χ0n) is 13.7. The molecular formula is C14H14ClF3N4O3Se. The van der Waals surface area contributed by atoms with Gasteiger partial charge >= 0.3 is 153 Å². The van der Waals surface area contributed by atoms with E-state index >= 15 is 0 Å². The molecule has 2 aromatic rings. The summed E-state index contributed by atoms with van der Waals surface area (Å²) in [5, 5.41) is 2.92. The summed E-state index contributed by atoms with van der Waals surface area (Å²) in [4.78, 5) is 17.2. The number of amides is 1. The van der Waals surface area contributed by atoms with Crippen molar-refractivity contribution in [1.82, 2.24) is 19.7 Å². The summed E-state index contributed by atoms with van der Waals surface area (Å²) in [5.74, 6) is 0. The summed E-state index contributed by atoms with van der Waals surface area (Å²) in [6, 6.07) is 1.52. The molecule has 0 aliphatic rings. The summed E-state index contributed by atoms with van der Waals surface area (Å²) < 4.78 is 63.0. The Morgan fingerprint density at radius 2 is 1.88 bits per heavy atom. The number of aromatic nitrogens is 3. The molecule has 0 N–H and O–H groups in total. The van der Waals surface area contributed by atoms with E-state index in [9.17, 15) is 25.6 Å². The Morgan fingerprint density at radius 1 is 1.27 bits per heavy atom. The standard InChI is InChI=1S/C14H14ClF3N4O3Se/c1-3-21(4-2)13(23)22-8-19-12(20-22)26(24,25)9-5-6-10(11(15)7-9)14(16,17)18/h5-8H,3-4H2,1-2H3. The van der Waals surface area contributed by atoms with Crippen molar-refractivity contribution in [2.75, 3.05) is 13.1 Å². The number of carbonyl (C=O) groups excluding carboxylic acids is 1. The summed E-state index contributed by atoms with van der Waals surface area (Å²) >= 11 is 0.338. The van der Waals surface area contributed by atoms with E-state index in [1.165, 1.54) is 4.90 Å². The van der Waals surface area contributed by atoms with Crippen LogP contribution in [0.2, 0.25) is 5.02 Å². The van der Waals surface area contributed by atoms with Crippen LogP contribution in [-0.4, -0.2) is 51.5 Å². The molecule has 1 aromatic heterocycles. The molecule has 0 aliphatic heterocycles. The van der Waals surface area contributed by atoms with E-state index in [2.05, 4.69) is 10.1 Å². The van der Waals surface area contributed by atoms with E-state index in [1.807, 2.05) is 0 Å². The summed E-state index contributed by atoms with van der Waals surface area (Å²) in [5.41, 5.74) is -1.15. The summed E-state index contributed by atoms with van der Waals surface area (Å²) in [6.07, 6.45) is -3.76. The van der Waals surface area contributed by atoms with Gasteiger partial charge in [-0.25, -0.2) is 0 Å². The second-order valence-corrected chi connectivity index (χ2v) is 9.34. The Hall–Kier alpha value is -1.97. The Bertz CT molecular complexity index is 924. The molecule has 0 fully saturated rings. The Kier molecular flexibility index (Phi) is 5.74. The fourth-order valence-corrected chi connectivity index (χ4v) is 4.87. The van der Waals surface area contributed by atoms with Crippen LogP contribution in [0, 0.1) is 0 Å². The molecule has 2 rings (SSSR count). The van der Waals surface area contributed by atoms with Crippen LogP contribution in [0.5, 0.6) is 0 Å². The first-order valence-electron chi connectivity index (χ1n) is 7.35. The second-order valence-electron chi connectivity index (χ2n) is 5.07. The molecular weight excluding hydrogens is 444 g/mol. The first-order chi connectivity index (χ1) is 12.0. The quantitative estimate of drug-likeness (QED) is 0.652. The van der Waals surface area contributed by atoms with E-state index in [1.54, 1.807) is 13.8 Å². The molecule has 0 spiro atoms. The monoisotopic (exact) mass is 458 g/mol. The van der Waals surface area contributed by atoms with E-state index in [-0.39, 0.29) is 0 Å². The maximum absolute atomic E-state index is 12.7. The van der Waals surface area contributed by atoms with E-state index < -0.39 is 44.7 Å². The van der Waals surface area contributed by atoms with Gasteiger partial charge in [0.15, 0.2) is 0 Å². The van der Waals surface area contributed by atoms with Gasteiger partial charge in [0.1, 0.15) is 0 Å². The third-order valence-electron chi connectivity index (χ3n) is 3.50. The zero-order valence-corrected chi connectivity index (χ0v) is 16.1. The molecule has 1 heterocycles. The van der Waals surface area contributed by atoms with Gasteiger partial charge in [-0.2, -0.15) is 0 Å². The van der Waals surface area contributed by atoms with Gasteiger partial charge in [-0.1, -0.05) is 0 Å². The fourth-order valence-electron chi connectivity index (χ4n) is 2.10. The SMILES string of the molecule is CCN(CC)C(=O)n1cnc([Se](=O)(=O)c2ccc(C(F)(F)F)c(Cl)c2)n1. The van der Waals surface area contributed by atoms with Crippen molar-refractivity contribution in [1.29, 1.82) is 0 Å². The minimum atomic E-state index is -5.23. The van der Waals surface area contributed by atoms with Crippen LogP contribution in [0.25, 0.3) is 0 Å². The molecule has 12 heteroatoms. The fraction of sp³-hybridized carbons (Fsp3) is 0.357. The Balaban J connectivity index is 2.40. The van der Waals surface area contributed by atoms with Gasteiger partial charge < -0.3 is 0 Å². The van der Waals surface area contributed by atoms with Crippen molar-refractivity contribution >= 4 is 39.5 Å². The molecule has 0 bridgehead atoms. The zero-order chi connectivity index (χ0) is 19.7. The first kappa shape index (κ1) is 20.3. The van der Waals surface area contributed by atoms with Gasteiger partial charge in [-0.15, -0.1) is 0 Å². The summed E-state index contributed by atoms with van der Waals surface area (Å²) in [6.45, 7) is 4.26. The average molecular weight is 458 g/mol. The summed E-state index contributed by atoms with van der Waals surface area (Å²) in [7, 11) is 0. The molecule has 0 unspecified atom stereocenters. The van der Waals surface area contributed by atoms with Crippen LogP contribution in [0.3, 0.4) is 0 Å². The van der Waals surface area contributed by atoms with Crippen LogP contribution in [0.15, 0.2) is 24.5 Å².